The summed E-state index contributed by atoms with van der Waals surface area (Å²) in [6.07, 6.45) is 2.75. The first-order valence-corrected chi connectivity index (χ1v) is 10.4. The fourth-order valence-corrected chi connectivity index (χ4v) is 3.38. The van der Waals surface area contributed by atoms with Gasteiger partial charge in [0.1, 0.15) is 16.9 Å². The Bertz CT molecular complexity index is 1280. The Balaban J connectivity index is 1.68. The number of pyridine rings is 2. The summed E-state index contributed by atoms with van der Waals surface area (Å²) in [4.78, 5) is 25.3. The van der Waals surface area contributed by atoms with Gasteiger partial charge in [-0.25, -0.2) is 19.7 Å². The molecule has 0 bridgehead atoms. The summed E-state index contributed by atoms with van der Waals surface area (Å²) in [7, 11) is 0. The lowest BCUT2D eigenvalue weighted by molar-refractivity contribution is 0.0523. The number of alkyl carbamates (subject to hydrolysis) is 1. The van der Waals surface area contributed by atoms with Crippen LogP contribution in [0.2, 0.25) is 5.02 Å². The number of nitrogens with one attached hydrogen (secondary N) is 1. The van der Waals surface area contributed by atoms with Crippen LogP contribution in [0.15, 0.2) is 54.9 Å². The lowest BCUT2D eigenvalue weighted by Gasteiger charge is -2.19. The quantitative estimate of drug-likeness (QED) is 0.464. The van der Waals surface area contributed by atoms with Gasteiger partial charge in [-0.15, -0.1) is 0 Å². The Morgan fingerprint density at radius 3 is 2.62 bits per heavy atom. The topological polar surface area (TPSA) is 108 Å². The SMILES string of the molecule is CC(C)(C)OC(=O)NCc1ccc(-n2c(-c3cccnc3N)nc3cc(Cl)cnc32)cc1. The second-order valence-electron chi connectivity index (χ2n) is 8.23. The van der Waals surface area contributed by atoms with Gasteiger partial charge in [0.25, 0.3) is 0 Å². The molecule has 164 valence electrons. The van der Waals surface area contributed by atoms with Crippen LogP contribution in [-0.2, 0) is 11.3 Å². The summed E-state index contributed by atoms with van der Waals surface area (Å²) in [5, 5.41) is 3.25. The number of benzene rings is 1. The Morgan fingerprint density at radius 2 is 1.94 bits per heavy atom. The lowest BCUT2D eigenvalue weighted by atomic mass is 10.2. The van der Waals surface area contributed by atoms with Crippen molar-refractivity contribution in [3.05, 3.63) is 65.4 Å². The van der Waals surface area contributed by atoms with Crippen molar-refractivity contribution in [1.29, 1.82) is 0 Å². The number of hydrogen-bond acceptors (Lipinski definition) is 6. The summed E-state index contributed by atoms with van der Waals surface area (Å²) in [6, 6.07) is 13.1. The average molecular weight is 451 g/mol. The van der Waals surface area contributed by atoms with E-state index in [1.807, 2.05) is 55.7 Å². The molecule has 0 aliphatic heterocycles. The number of aromatic nitrogens is 4. The number of hydrogen-bond donors (Lipinski definition) is 2. The molecule has 0 saturated heterocycles. The van der Waals surface area contributed by atoms with Gasteiger partial charge in [-0.1, -0.05) is 23.7 Å². The molecular weight excluding hydrogens is 428 g/mol. The first kappa shape index (κ1) is 21.6. The molecular formula is C23H23ClN6O2. The number of amides is 1. The maximum atomic E-state index is 11.9. The van der Waals surface area contributed by atoms with Gasteiger partial charge < -0.3 is 15.8 Å². The van der Waals surface area contributed by atoms with Crippen LogP contribution in [0.3, 0.4) is 0 Å². The van der Waals surface area contributed by atoms with Crippen LogP contribution >= 0.6 is 11.6 Å². The van der Waals surface area contributed by atoms with E-state index in [9.17, 15) is 4.79 Å². The Hall–Kier alpha value is -3.65. The van der Waals surface area contributed by atoms with Crippen LogP contribution in [0.4, 0.5) is 10.6 Å². The van der Waals surface area contributed by atoms with Gasteiger partial charge in [0.2, 0.25) is 0 Å². The molecule has 0 spiro atoms. The second kappa shape index (κ2) is 8.47. The van der Waals surface area contributed by atoms with Crippen molar-refractivity contribution in [1.82, 2.24) is 24.8 Å². The van der Waals surface area contributed by atoms with Crippen LogP contribution in [0.25, 0.3) is 28.2 Å². The number of ether oxygens (including phenoxy) is 1. The summed E-state index contributed by atoms with van der Waals surface area (Å²) in [5.74, 6) is 0.980. The van der Waals surface area contributed by atoms with E-state index in [0.717, 1.165) is 11.3 Å². The first-order valence-electron chi connectivity index (χ1n) is 10.0. The normalized spacial score (nSPS) is 11.5. The highest BCUT2D eigenvalue weighted by Gasteiger charge is 2.18. The molecule has 0 radical (unpaired) electrons. The molecule has 3 aromatic heterocycles. The minimum absolute atomic E-state index is 0.343. The number of carbonyl (C=O) groups is 1. The molecule has 0 unspecified atom stereocenters. The molecule has 0 atom stereocenters. The number of rotatable bonds is 4. The number of halogens is 1. The van der Waals surface area contributed by atoms with Crippen LogP contribution in [0.1, 0.15) is 26.3 Å². The Morgan fingerprint density at radius 1 is 1.19 bits per heavy atom. The molecule has 3 heterocycles. The molecule has 0 aliphatic carbocycles. The molecule has 9 heteroatoms. The van der Waals surface area contributed by atoms with E-state index in [0.29, 0.717) is 39.9 Å². The molecule has 1 aromatic carbocycles. The van der Waals surface area contributed by atoms with E-state index in [1.54, 1.807) is 24.5 Å². The molecule has 0 saturated carbocycles. The van der Waals surface area contributed by atoms with Crippen LogP contribution < -0.4 is 11.1 Å². The summed E-state index contributed by atoms with van der Waals surface area (Å²) in [5.41, 5.74) is 9.32. The van der Waals surface area contributed by atoms with E-state index in [2.05, 4.69) is 15.3 Å². The van der Waals surface area contributed by atoms with Gasteiger partial charge in [0.15, 0.2) is 11.5 Å². The zero-order valence-corrected chi connectivity index (χ0v) is 18.7. The van der Waals surface area contributed by atoms with Gasteiger partial charge in [0, 0.05) is 24.6 Å². The summed E-state index contributed by atoms with van der Waals surface area (Å²) >= 11 is 6.13. The highest BCUT2D eigenvalue weighted by molar-refractivity contribution is 6.31. The van der Waals surface area contributed by atoms with Gasteiger partial charge >= 0.3 is 6.09 Å². The number of imidazole rings is 1. The molecule has 1 amide bonds. The zero-order chi connectivity index (χ0) is 22.9. The fourth-order valence-electron chi connectivity index (χ4n) is 3.22. The smallest absolute Gasteiger partial charge is 0.407 e. The van der Waals surface area contributed by atoms with Crippen molar-refractivity contribution in [2.75, 3.05) is 5.73 Å². The highest BCUT2D eigenvalue weighted by atomic mass is 35.5. The predicted molar refractivity (Wildman–Crippen MR) is 125 cm³/mol. The van der Waals surface area contributed by atoms with Crippen LogP contribution in [-0.4, -0.2) is 31.2 Å². The Labute approximate surface area is 190 Å². The van der Waals surface area contributed by atoms with E-state index in [1.165, 1.54) is 0 Å². The molecule has 4 aromatic rings. The average Bonchev–Trinajstić information content (AvgIpc) is 3.10. The maximum Gasteiger partial charge on any atom is 0.407 e. The van der Waals surface area contributed by atoms with Gasteiger partial charge in [-0.2, -0.15) is 0 Å². The molecule has 32 heavy (non-hydrogen) atoms. The monoisotopic (exact) mass is 450 g/mol. The second-order valence-corrected chi connectivity index (χ2v) is 8.66. The van der Waals surface area contributed by atoms with Gasteiger partial charge in [-0.05, 0) is 56.7 Å². The highest BCUT2D eigenvalue weighted by Crippen LogP contribution is 2.31. The van der Waals surface area contributed by atoms with E-state index in [4.69, 9.17) is 27.1 Å². The minimum Gasteiger partial charge on any atom is -0.444 e. The van der Waals surface area contributed by atoms with E-state index >= 15 is 0 Å². The number of fused-ring (bicyclic) bond motifs is 1. The maximum absolute atomic E-state index is 11.9. The zero-order valence-electron chi connectivity index (χ0n) is 18.0. The molecule has 8 nitrogen and oxygen atoms in total. The minimum atomic E-state index is -0.545. The van der Waals surface area contributed by atoms with E-state index < -0.39 is 11.7 Å². The summed E-state index contributed by atoms with van der Waals surface area (Å²) in [6.45, 7) is 5.82. The number of carbonyl (C=O) groups excluding carboxylic acids is 1. The fraction of sp³-hybridized carbons (Fsp3) is 0.217. The lowest BCUT2D eigenvalue weighted by Crippen LogP contribution is -2.32. The van der Waals surface area contributed by atoms with Crippen molar-refractivity contribution in [2.24, 2.45) is 0 Å². The number of nitrogens with zero attached hydrogens (tertiary/aromatic N) is 4. The third-order valence-corrected chi connectivity index (χ3v) is 4.78. The van der Waals surface area contributed by atoms with Crippen LogP contribution in [0, 0.1) is 0 Å². The molecule has 0 fully saturated rings. The standard InChI is InChI=1S/C23H23ClN6O2/c1-23(2,3)32-22(31)28-12-14-6-8-16(9-7-14)30-20(17-5-4-10-26-19(17)25)29-18-11-15(24)13-27-21(18)30/h4-11,13H,12H2,1-3H3,(H2,25,26)(H,28,31). The summed E-state index contributed by atoms with van der Waals surface area (Å²) < 4.78 is 7.18. The van der Waals surface area contributed by atoms with Gasteiger partial charge in [-0.3, -0.25) is 4.57 Å². The number of anilines is 1. The van der Waals surface area contributed by atoms with Crippen molar-refractivity contribution >= 4 is 34.7 Å². The largest absolute Gasteiger partial charge is 0.444 e. The van der Waals surface area contributed by atoms with Gasteiger partial charge in [0.05, 0.1) is 10.6 Å². The third-order valence-electron chi connectivity index (χ3n) is 4.57. The number of nitrogen functional groups attached to an aromatic ring is 1. The molecule has 4 rings (SSSR count). The van der Waals surface area contributed by atoms with Crippen molar-refractivity contribution in [2.45, 2.75) is 32.9 Å². The third kappa shape index (κ3) is 4.65. The number of nitrogens with two attached hydrogens (primary N) is 1. The van der Waals surface area contributed by atoms with Crippen LogP contribution in [0.5, 0.6) is 0 Å². The van der Waals surface area contributed by atoms with Crippen molar-refractivity contribution < 1.29 is 9.53 Å². The first-order chi connectivity index (χ1) is 15.2. The Kier molecular flexibility index (Phi) is 5.71. The van der Waals surface area contributed by atoms with Crippen molar-refractivity contribution in [3.8, 4) is 17.1 Å². The van der Waals surface area contributed by atoms with E-state index in [-0.39, 0.29) is 0 Å². The molecule has 3 N–H and O–H groups in total. The van der Waals surface area contributed by atoms with Crippen molar-refractivity contribution in [3.63, 3.8) is 0 Å². The predicted octanol–water partition coefficient (Wildman–Crippen LogP) is 4.74. The molecule has 0 aliphatic rings.